The molecule has 66 valence electrons. The number of diazo groups is 1. The number of nitrogens with zero attached hydrogens (tertiary/aromatic N) is 2. The van der Waals surface area contributed by atoms with E-state index in [1.807, 2.05) is 0 Å². The number of benzene rings is 1. The average Bonchev–Trinajstić information content (AvgIpc) is 2.05. The quantitative estimate of drug-likeness (QED) is 0.388. The van der Waals surface area contributed by atoms with E-state index in [-0.39, 0.29) is 44.3 Å². The Balaban J connectivity index is -0.000000333. The summed E-state index contributed by atoms with van der Waals surface area (Å²) in [5.74, 6) is 0.757. The van der Waals surface area contributed by atoms with Crippen LogP contribution >= 0.6 is 0 Å². The van der Waals surface area contributed by atoms with Crippen molar-refractivity contribution in [3.05, 3.63) is 29.2 Å². The second-order valence-corrected chi connectivity index (χ2v) is 1.80. The zero-order valence-corrected chi connectivity index (χ0v) is 11.6. The predicted octanol–water partition coefficient (Wildman–Crippen LogP) is -3.81. The molecule has 0 heterocycles. The summed E-state index contributed by atoms with van der Waals surface area (Å²) in [5.41, 5.74) is 0.529. The van der Waals surface area contributed by atoms with Gasteiger partial charge in [-0.2, -0.15) is 0 Å². The molecule has 0 N–H and O–H groups in total. The maximum Gasteiger partial charge on any atom is 2.00 e. The number of hydrogen-bond donors (Lipinski definition) is 0. The normalized spacial score (nSPS) is 6.46. The van der Waals surface area contributed by atoms with Gasteiger partial charge in [-0.25, -0.2) is 0 Å². The Morgan fingerprint density at radius 3 is 1.92 bits per heavy atom. The molecule has 0 saturated heterocycles. The minimum atomic E-state index is 0. The van der Waals surface area contributed by atoms with Gasteiger partial charge in [0.1, 0.15) is 5.75 Å². The number of rotatable bonds is 1. The van der Waals surface area contributed by atoms with E-state index in [0.717, 1.165) is 5.75 Å². The van der Waals surface area contributed by atoms with Crippen molar-refractivity contribution in [3.63, 3.8) is 0 Å². The van der Waals surface area contributed by atoms with Crippen molar-refractivity contribution in [2.24, 2.45) is 0 Å². The summed E-state index contributed by atoms with van der Waals surface area (Å²) in [6.45, 7) is 0. The van der Waals surface area contributed by atoms with Gasteiger partial charge in [0.25, 0.3) is 0 Å². The first kappa shape index (κ1) is 18.4. The fraction of sp³-hybridized carbons (Fsp3) is 0.143. The molecule has 0 radical (unpaired) electrons. The Kier molecular flexibility index (Phi) is 13.8. The molecular weight excluding hydrogens is 264 g/mol. The summed E-state index contributed by atoms with van der Waals surface area (Å²) >= 11 is 0. The Morgan fingerprint density at radius 2 is 1.62 bits per heavy atom. The molecule has 1 rings (SSSR count). The van der Waals surface area contributed by atoms with Crippen LogP contribution in [0.4, 0.5) is 5.69 Å². The van der Waals surface area contributed by atoms with Crippen molar-refractivity contribution in [1.29, 1.82) is 5.39 Å². The molecule has 0 aliphatic rings. The molecule has 0 spiro atoms. The van der Waals surface area contributed by atoms with Gasteiger partial charge in [-0.15, -0.1) is 0 Å². The molecule has 0 aromatic heterocycles. The van der Waals surface area contributed by atoms with Crippen LogP contribution in [0.25, 0.3) is 4.98 Å². The minimum Gasteiger partial charge on any atom is -1.00 e. The Labute approximate surface area is 102 Å². The van der Waals surface area contributed by atoms with Gasteiger partial charge in [0.2, 0.25) is 5.39 Å². The zero-order valence-electron chi connectivity index (χ0n) is 7.08. The topological polar surface area (TPSA) is 37.4 Å². The summed E-state index contributed by atoms with van der Waals surface area (Å²) in [6.07, 6.45) is 0. The average molecular weight is 271 g/mol. The van der Waals surface area contributed by atoms with Crippen molar-refractivity contribution in [1.82, 2.24) is 0 Å². The number of ether oxygens (including phenoxy) is 1. The maximum atomic E-state index is 8.29. The second-order valence-electron chi connectivity index (χ2n) is 1.80. The van der Waals surface area contributed by atoms with Gasteiger partial charge >= 0.3 is 25.2 Å². The summed E-state index contributed by atoms with van der Waals surface area (Å²) in [7, 11) is 1.59. The van der Waals surface area contributed by atoms with Crippen LogP contribution in [0.3, 0.4) is 0 Å². The fourth-order valence-electron chi connectivity index (χ4n) is 0.649. The smallest absolute Gasteiger partial charge is 1.00 e. The largest absolute Gasteiger partial charge is 2.00 e. The van der Waals surface area contributed by atoms with Crippen molar-refractivity contribution in [3.8, 4) is 5.75 Å². The van der Waals surface area contributed by atoms with Crippen LogP contribution in [0, 0.1) is 5.39 Å². The van der Waals surface area contributed by atoms with Crippen LogP contribution in [0.1, 0.15) is 0 Å². The van der Waals surface area contributed by atoms with Gasteiger partial charge in [0.05, 0.1) is 7.11 Å². The van der Waals surface area contributed by atoms with E-state index in [9.17, 15) is 0 Å². The van der Waals surface area contributed by atoms with E-state index >= 15 is 0 Å². The zero-order chi connectivity index (χ0) is 7.40. The second kappa shape index (κ2) is 9.73. The molecule has 0 unspecified atom stereocenters. The summed E-state index contributed by atoms with van der Waals surface area (Å²) in [5, 5.41) is 8.29. The van der Waals surface area contributed by atoms with E-state index in [4.69, 9.17) is 10.1 Å². The fourth-order valence-corrected chi connectivity index (χ4v) is 0.649. The van der Waals surface area contributed by atoms with Crippen molar-refractivity contribution >= 4 is 5.69 Å². The standard InChI is InChI=1S/C7H7N2O.2ClH.Zn/c1-10-7-4-2-6(9-8)3-5-7;;;/h2-5H,1H3;2*1H;/q+1;;;+2/p-2. The first-order valence-corrected chi connectivity index (χ1v) is 2.86. The van der Waals surface area contributed by atoms with Crippen LogP contribution in [0.2, 0.25) is 0 Å². The van der Waals surface area contributed by atoms with E-state index in [1.54, 1.807) is 31.4 Å². The first-order chi connectivity index (χ1) is 4.86. The molecular formula is C7H7Cl2N2OZn+. The van der Waals surface area contributed by atoms with Crippen LogP contribution < -0.4 is 29.6 Å². The molecule has 0 fully saturated rings. The van der Waals surface area contributed by atoms with Crippen LogP contribution in [-0.2, 0) is 19.5 Å². The van der Waals surface area contributed by atoms with Crippen molar-refractivity contribution < 1.29 is 49.0 Å². The van der Waals surface area contributed by atoms with E-state index < -0.39 is 0 Å². The molecule has 13 heavy (non-hydrogen) atoms. The first-order valence-electron chi connectivity index (χ1n) is 2.86. The van der Waals surface area contributed by atoms with Gasteiger partial charge in [-0.05, 0) is 12.1 Å². The SMILES string of the molecule is COc1ccc([N+]#N)cc1.[Cl-].[Cl-].[Zn+2]. The molecule has 6 heteroatoms. The number of halogens is 2. The van der Waals surface area contributed by atoms with Gasteiger partial charge in [-0.1, -0.05) is 0 Å². The van der Waals surface area contributed by atoms with Gasteiger partial charge in [-0.3, -0.25) is 0 Å². The van der Waals surface area contributed by atoms with Gasteiger partial charge in [0.15, 0.2) is 4.98 Å². The van der Waals surface area contributed by atoms with Crippen molar-refractivity contribution in [2.45, 2.75) is 0 Å². The van der Waals surface area contributed by atoms with Crippen LogP contribution in [0.15, 0.2) is 24.3 Å². The molecule has 0 aliphatic carbocycles. The van der Waals surface area contributed by atoms with Gasteiger partial charge in [0, 0.05) is 12.1 Å². The van der Waals surface area contributed by atoms with Gasteiger partial charge < -0.3 is 29.6 Å². The van der Waals surface area contributed by atoms with Crippen LogP contribution in [0.5, 0.6) is 5.75 Å². The Hall–Kier alpha value is -0.357. The van der Waals surface area contributed by atoms with Crippen molar-refractivity contribution in [2.75, 3.05) is 7.11 Å². The third-order valence-electron chi connectivity index (χ3n) is 1.19. The van der Waals surface area contributed by atoms with E-state index in [1.165, 1.54) is 0 Å². The van der Waals surface area contributed by atoms with Crippen LogP contribution in [-0.4, -0.2) is 7.11 Å². The predicted molar refractivity (Wildman–Crippen MR) is 37.7 cm³/mol. The maximum absolute atomic E-state index is 8.29. The molecule has 1 aromatic rings. The summed E-state index contributed by atoms with van der Waals surface area (Å²) in [4.78, 5) is 2.99. The Bertz CT molecular complexity index is 260. The number of methoxy groups -OCH3 is 1. The molecule has 3 nitrogen and oxygen atoms in total. The Morgan fingerprint density at radius 1 is 1.15 bits per heavy atom. The molecule has 0 aliphatic heterocycles. The van der Waals surface area contributed by atoms with E-state index in [2.05, 4.69) is 4.98 Å². The minimum absolute atomic E-state index is 0. The molecule has 0 amide bonds. The summed E-state index contributed by atoms with van der Waals surface area (Å²) in [6, 6.07) is 6.79. The third kappa shape index (κ3) is 5.82. The molecule has 1 aromatic carbocycles. The molecule has 0 bridgehead atoms. The monoisotopic (exact) mass is 269 g/mol. The third-order valence-corrected chi connectivity index (χ3v) is 1.19. The number of hydrogen-bond acceptors (Lipinski definition) is 2. The molecule has 0 saturated carbocycles. The van der Waals surface area contributed by atoms with E-state index in [0.29, 0.717) is 5.69 Å². The summed E-state index contributed by atoms with van der Waals surface area (Å²) < 4.78 is 4.89. The molecule has 0 atom stereocenters.